The molecule has 2 heterocycles. The van der Waals surface area contributed by atoms with Gasteiger partial charge in [-0.3, -0.25) is 4.79 Å². The van der Waals surface area contributed by atoms with E-state index in [1.54, 1.807) is 4.90 Å². The van der Waals surface area contributed by atoms with Crippen LogP contribution in [-0.2, 0) is 17.9 Å². The molecule has 3 aromatic rings. The van der Waals surface area contributed by atoms with Crippen molar-refractivity contribution in [3.63, 3.8) is 0 Å². The topological polar surface area (TPSA) is 64.2 Å². The van der Waals surface area contributed by atoms with Crippen LogP contribution < -0.4 is 0 Å². The zero-order valence-corrected chi connectivity index (χ0v) is 14.1. The van der Waals surface area contributed by atoms with E-state index in [-0.39, 0.29) is 12.5 Å². The predicted molar refractivity (Wildman–Crippen MR) is 92.6 cm³/mol. The highest BCUT2D eigenvalue weighted by molar-refractivity contribution is 5.76. The molecular formula is C19H20N4O2. The van der Waals surface area contributed by atoms with Gasteiger partial charge in [-0.1, -0.05) is 30.3 Å². The van der Waals surface area contributed by atoms with Crippen LogP contribution in [0, 0.1) is 0 Å². The molecule has 0 N–H and O–H groups in total. The first-order valence-corrected chi connectivity index (χ1v) is 8.47. The maximum absolute atomic E-state index is 12.6. The number of amides is 1. The van der Waals surface area contributed by atoms with Gasteiger partial charge in [-0.05, 0) is 30.5 Å². The highest BCUT2D eigenvalue weighted by Crippen LogP contribution is 2.39. The molecule has 1 aliphatic rings. The van der Waals surface area contributed by atoms with Gasteiger partial charge in [0.05, 0.1) is 0 Å². The number of hydrogen-bond acceptors (Lipinski definition) is 4. The van der Waals surface area contributed by atoms with E-state index in [0.29, 0.717) is 24.2 Å². The monoisotopic (exact) mass is 336 g/mol. The quantitative estimate of drug-likeness (QED) is 0.694. The van der Waals surface area contributed by atoms with Gasteiger partial charge < -0.3 is 13.9 Å². The van der Waals surface area contributed by atoms with Gasteiger partial charge in [0, 0.05) is 25.7 Å². The van der Waals surface area contributed by atoms with Crippen molar-refractivity contribution < 1.29 is 9.21 Å². The minimum Gasteiger partial charge on any atom is -0.419 e. The Labute approximate surface area is 146 Å². The van der Waals surface area contributed by atoms with Crippen molar-refractivity contribution >= 4 is 5.91 Å². The highest BCUT2D eigenvalue weighted by Gasteiger charge is 2.30. The molecule has 1 saturated carbocycles. The van der Waals surface area contributed by atoms with E-state index in [0.717, 1.165) is 24.1 Å². The Hall–Kier alpha value is -2.89. The molecule has 2 aromatic heterocycles. The first-order valence-electron chi connectivity index (χ1n) is 8.47. The van der Waals surface area contributed by atoms with Crippen LogP contribution in [0.25, 0.3) is 11.6 Å². The van der Waals surface area contributed by atoms with Gasteiger partial charge in [-0.25, -0.2) is 0 Å². The number of carbonyl (C=O) groups is 1. The maximum atomic E-state index is 12.6. The Bertz CT molecular complexity index is 864. The summed E-state index contributed by atoms with van der Waals surface area (Å²) in [5.41, 5.74) is 1.89. The van der Waals surface area contributed by atoms with Gasteiger partial charge in [0.25, 0.3) is 5.89 Å². The van der Waals surface area contributed by atoms with Crippen LogP contribution in [0.1, 0.15) is 30.2 Å². The normalized spacial score (nSPS) is 13.8. The summed E-state index contributed by atoms with van der Waals surface area (Å²) in [6.07, 6.45) is 4.10. The average molecular weight is 336 g/mol. The van der Waals surface area contributed by atoms with Gasteiger partial charge in [0.1, 0.15) is 12.2 Å². The third kappa shape index (κ3) is 3.47. The Morgan fingerprint density at radius 2 is 2.00 bits per heavy atom. The van der Waals surface area contributed by atoms with Crippen molar-refractivity contribution in [2.24, 2.45) is 0 Å². The van der Waals surface area contributed by atoms with Crippen LogP contribution in [0.3, 0.4) is 0 Å². The van der Waals surface area contributed by atoms with E-state index in [2.05, 4.69) is 10.2 Å². The summed E-state index contributed by atoms with van der Waals surface area (Å²) in [7, 11) is 1.82. The highest BCUT2D eigenvalue weighted by atomic mass is 16.4. The number of aromatic nitrogens is 3. The van der Waals surface area contributed by atoms with Crippen LogP contribution >= 0.6 is 0 Å². The second-order valence-corrected chi connectivity index (χ2v) is 6.48. The summed E-state index contributed by atoms with van der Waals surface area (Å²) in [5.74, 6) is 1.63. The van der Waals surface area contributed by atoms with Crippen molar-refractivity contribution in [3.05, 3.63) is 60.1 Å². The van der Waals surface area contributed by atoms with Gasteiger partial charge in [-0.15, -0.1) is 10.2 Å². The fourth-order valence-corrected chi connectivity index (χ4v) is 2.79. The molecule has 0 radical (unpaired) electrons. The number of rotatable bonds is 6. The smallest absolute Gasteiger partial charge is 0.264 e. The van der Waals surface area contributed by atoms with E-state index < -0.39 is 0 Å². The Morgan fingerprint density at radius 1 is 1.20 bits per heavy atom. The summed E-state index contributed by atoms with van der Waals surface area (Å²) < 4.78 is 7.62. The zero-order valence-electron chi connectivity index (χ0n) is 14.1. The molecule has 6 heteroatoms. The maximum Gasteiger partial charge on any atom is 0.264 e. The largest absolute Gasteiger partial charge is 0.419 e. The molecule has 0 atom stereocenters. The minimum absolute atomic E-state index is 0.0308. The molecule has 1 amide bonds. The predicted octanol–water partition coefficient (Wildman–Crippen LogP) is 3.07. The van der Waals surface area contributed by atoms with E-state index in [9.17, 15) is 4.79 Å². The summed E-state index contributed by atoms with van der Waals surface area (Å²) in [6.45, 7) is 0.829. The van der Waals surface area contributed by atoms with Gasteiger partial charge in [-0.2, -0.15) is 0 Å². The molecule has 0 bridgehead atoms. The average Bonchev–Trinajstić information content (AvgIpc) is 3.17. The van der Waals surface area contributed by atoms with E-state index in [1.165, 1.54) is 0 Å². The zero-order chi connectivity index (χ0) is 17.2. The molecule has 4 rings (SSSR count). The Balaban J connectivity index is 1.45. The first-order chi connectivity index (χ1) is 12.2. The third-order valence-electron chi connectivity index (χ3n) is 4.41. The summed E-state index contributed by atoms with van der Waals surface area (Å²) in [5, 5.41) is 8.26. The second kappa shape index (κ2) is 6.55. The minimum atomic E-state index is 0.0308. The number of hydrogen-bond donors (Lipinski definition) is 0. The lowest BCUT2D eigenvalue weighted by Gasteiger charge is -2.18. The van der Waals surface area contributed by atoms with Crippen molar-refractivity contribution in [1.29, 1.82) is 0 Å². The van der Waals surface area contributed by atoms with E-state index in [1.807, 2.05) is 60.3 Å². The second-order valence-electron chi connectivity index (χ2n) is 6.48. The van der Waals surface area contributed by atoms with Crippen molar-refractivity contribution in [1.82, 2.24) is 19.7 Å². The molecule has 128 valence electrons. The molecule has 0 saturated heterocycles. The lowest BCUT2D eigenvalue weighted by atomic mass is 10.2. The van der Waals surface area contributed by atoms with Crippen molar-refractivity contribution in [2.75, 3.05) is 7.05 Å². The molecular weight excluding hydrogens is 316 g/mol. The fraction of sp³-hybridized carbons (Fsp3) is 0.316. The molecule has 1 fully saturated rings. The number of likely N-dealkylation sites (N-methyl/N-ethyl adjacent to an activating group) is 1. The van der Waals surface area contributed by atoms with Crippen LogP contribution in [0.2, 0.25) is 0 Å². The van der Waals surface area contributed by atoms with Crippen LogP contribution in [0.5, 0.6) is 0 Å². The van der Waals surface area contributed by atoms with Crippen LogP contribution in [0.15, 0.2) is 53.1 Å². The standard InChI is InChI=1S/C19H20N4O2/c1-22(12-14-6-3-2-4-7-14)17(24)13-23-11-5-8-16(23)19-21-20-18(25-19)15-9-10-15/h2-8,11,15H,9-10,12-13H2,1H3. The van der Waals surface area contributed by atoms with E-state index >= 15 is 0 Å². The van der Waals surface area contributed by atoms with Crippen molar-refractivity contribution in [3.8, 4) is 11.6 Å². The molecule has 0 aliphatic heterocycles. The molecule has 6 nitrogen and oxygen atoms in total. The van der Waals surface area contributed by atoms with Crippen LogP contribution in [-0.4, -0.2) is 32.6 Å². The Kier molecular flexibility index (Phi) is 4.09. The SMILES string of the molecule is CN(Cc1ccccc1)C(=O)Cn1cccc1-c1nnc(C2CC2)o1. The first kappa shape index (κ1) is 15.6. The molecule has 0 spiro atoms. The summed E-state index contributed by atoms with van der Waals surface area (Å²) in [4.78, 5) is 14.3. The summed E-state index contributed by atoms with van der Waals surface area (Å²) >= 11 is 0. The lowest BCUT2D eigenvalue weighted by Crippen LogP contribution is -2.29. The van der Waals surface area contributed by atoms with Crippen molar-refractivity contribution in [2.45, 2.75) is 31.8 Å². The molecule has 1 aliphatic carbocycles. The lowest BCUT2D eigenvalue weighted by molar-refractivity contribution is -0.131. The molecule has 0 unspecified atom stereocenters. The van der Waals surface area contributed by atoms with Gasteiger partial charge in [0.15, 0.2) is 0 Å². The summed E-state index contributed by atoms with van der Waals surface area (Å²) in [6, 6.07) is 13.7. The number of nitrogens with zero attached hydrogens (tertiary/aromatic N) is 4. The number of carbonyl (C=O) groups excluding carboxylic acids is 1. The Morgan fingerprint density at radius 3 is 2.76 bits per heavy atom. The van der Waals surface area contributed by atoms with E-state index in [4.69, 9.17) is 4.42 Å². The van der Waals surface area contributed by atoms with Crippen LogP contribution in [0.4, 0.5) is 0 Å². The van der Waals surface area contributed by atoms with Gasteiger partial charge >= 0.3 is 0 Å². The molecule has 25 heavy (non-hydrogen) atoms. The fourth-order valence-electron chi connectivity index (χ4n) is 2.79. The number of benzene rings is 1. The molecule has 1 aromatic carbocycles. The third-order valence-corrected chi connectivity index (χ3v) is 4.41. The van der Waals surface area contributed by atoms with Gasteiger partial charge in [0.2, 0.25) is 11.8 Å².